The molecule has 0 saturated heterocycles. The molecule has 4 N–H and O–H groups in total. The van der Waals surface area contributed by atoms with Gasteiger partial charge in [0.25, 0.3) is 0 Å². The van der Waals surface area contributed by atoms with E-state index in [9.17, 15) is 9.59 Å². The Morgan fingerprint density at radius 1 is 1.18 bits per heavy atom. The third kappa shape index (κ3) is 7.11. The van der Waals surface area contributed by atoms with Crippen LogP contribution in [0.25, 0.3) is 0 Å². The molecule has 0 aromatic rings. The summed E-state index contributed by atoms with van der Waals surface area (Å²) in [6.45, 7) is 4.96. The molecule has 1 unspecified atom stereocenters. The van der Waals surface area contributed by atoms with E-state index in [0.29, 0.717) is 37.6 Å². The Kier molecular flexibility index (Phi) is 8.24. The lowest BCUT2D eigenvalue weighted by Crippen LogP contribution is -2.45. The zero-order chi connectivity index (χ0) is 16.5. The van der Waals surface area contributed by atoms with Crippen LogP contribution in [0.15, 0.2) is 0 Å². The number of aliphatic hydroxyl groups is 1. The topological polar surface area (TPSA) is 98.7 Å². The normalized spacial score (nSPS) is 23.1. The van der Waals surface area contributed by atoms with Crippen molar-refractivity contribution in [1.82, 2.24) is 10.6 Å². The molecule has 0 bridgehead atoms. The van der Waals surface area contributed by atoms with E-state index in [2.05, 4.69) is 24.5 Å². The Balaban J connectivity index is 2.26. The molecule has 1 atom stereocenters. The Bertz CT molecular complexity index is 352. The van der Waals surface area contributed by atoms with Crippen molar-refractivity contribution in [2.45, 2.75) is 58.4 Å². The van der Waals surface area contributed by atoms with Crippen molar-refractivity contribution < 1.29 is 19.8 Å². The van der Waals surface area contributed by atoms with Gasteiger partial charge in [0.1, 0.15) is 0 Å². The highest BCUT2D eigenvalue weighted by Gasteiger charge is 2.26. The summed E-state index contributed by atoms with van der Waals surface area (Å²) in [7, 11) is 0. The molecule has 1 aliphatic rings. The number of hydrogen-bond acceptors (Lipinski definition) is 3. The number of carboxylic acids is 1. The second-order valence-electron chi connectivity index (χ2n) is 6.75. The molecule has 1 rings (SSSR count). The third-order valence-electron chi connectivity index (χ3n) is 4.31. The third-order valence-corrected chi connectivity index (χ3v) is 4.31. The Morgan fingerprint density at radius 2 is 1.82 bits per heavy atom. The molecule has 128 valence electrons. The summed E-state index contributed by atoms with van der Waals surface area (Å²) in [5.41, 5.74) is 0. The van der Waals surface area contributed by atoms with Crippen molar-refractivity contribution in [1.29, 1.82) is 0 Å². The number of aliphatic hydroxyl groups excluding tert-OH is 1. The molecular weight excluding hydrogens is 284 g/mol. The van der Waals surface area contributed by atoms with Gasteiger partial charge < -0.3 is 20.8 Å². The number of carboxylic acid groups (broad SMARTS) is 1. The van der Waals surface area contributed by atoms with Crippen LogP contribution in [0.2, 0.25) is 0 Å². The van der Waals surface area contributed by atoms with Crippen LogP contribution in [0.3, 0.4) is 0 Å². The van der Waals surface area contributed by atoms with Crippen molar-refractivity contribution >= 4 is 12.0 Å². The quantitative estimate of drug-likeness (QED) is 0.550. The maximum Gasteiger partial charge on any atom is 0.315 e. The highest BCUT2D eigenvalue weighted by molar-refractivity contribution is 5.74. The van der Waals surface area contributed by atoms with Gasteiger partial charge in [-0.25, -0.2) is 4.79 Å². The summed E-state index contributed by atoms with van der Waals surface area (Å²) >= 11 is 0. The van der Waals surface area contributed by atoms with E-state index in [0.717, 1.165) is 19.3 Å². The minimum atomic E-state index is -0.733. The first kappa shape index (κ1) is 18.7. The highest BCUT2D eigenvalue weighted by Crippen LogP contribution is 2.24. The first-order chi connectivity index (χ1) is 10.4. The number of carbonyl (C=O) groups is 2. The molecule has 1 saturated carbocycles. The van der Waals surface area contributed by atoms with Crippen molar-refractivity contribution in [3.8, 4) is 0 Å². The molecule has 2 amide bonds. The molecule has 1 fully saturated rings. The SMILES string of the molecule is CC(C)CC(CCO)CNC(=O)NC1CCC(C(=O)O)CC1. The Hall–Kier alpha value is -1.30. The van der Waals surface area contributed by atoms with Gasteiger partial charge in [0, 0.05) is 19.2 Å². The fourth-order valence-electron chi connectivity index (χ4n) is 3.11. The lowest BCUT2D eigenvalue weighted by molar-refractivity contribution is -0.142. The smallest absolute Gasteiger partial charge is 0.315 e. The van der Waals surface area contributed by atoms with E-state index in [4.69, 9.17) is 10.2 Å². The van der Waals surface area contributed by atoms with E-state index in [1.165, 1.54) is 0 Å². The number of rotatable bonds is 8. The minimum absolute atomic E-state index is 0.0667. The second-order valence-corrected chi connectivity index (χ2v) is 6.75. The molecule has 1 aliphatic carbocycles. The van der Waals surface area contributed by atoms with Gasteiger partial charge in [-0.2, -0.15) is 0 Å². The molecule has 0 aromatic carbocycles. The first-order valence-corrected chi connectivity index (χ1v) is 8.30. The number of carbonyl (C=O) groups excluding carboxylic acids is 1. The molecule has 0 radical (unpaired) electrons. The number of hydrogen-bond donors (Lipinski definition) is 4. The van der Waals surface area contributed by atoms with Crippen LogP contribution in [0.1, 0.15) is 52.4 Å². The highest BCUT2D eigenvalue weighted by atomic mass is 16.4. The van der Waals surface area contributed by atoms with Gasteiger partial charge in [0.15, 0.2) is 0 Å². The molecule has 22 heavy (non-hydrogen) atoms. The molecule has 0 spiro atoms. The van der Waals surface area contributed by atoms with E-state index < -0.39 is 5.97 Å². The molecule has 0 heterocycles. The lowest BCUT2D eigenvalue weighted by Gasteiger charge is -2.27. The number of amides is 2. The van der Waals surface area contributed by atoms with Gasteiger partial charge in [-0.1, -0.05) is 13.8 Å². The van der Waals surface area contributed by atoms with Crippen molar-refractivity contribution in [3.05, 3.63) is 0 Å². The molecule has 6 nitrogen and oxygen atoms in total. The number of urea groups is 1. The standard InChI is InChI=1S/C16H30N2O4/c1-11(2)9-12(7-8-19)10-17-16(22)18-14-5-3-13(4-6-14)15(20)21/h11-14,19H,3-10H2,1-2H3,(H,20,21)(H2,17,18,22). The van der Waals surface area contributed by atoms with Crippen molar-refractivity contribution in [3.63, 3.8) is 0 Å². The predicted octanol–water partition coefficient (Wildman–Crippen LogP) is 1.97. The van der Waals surface area contributed by atoms with Crippen molar-refractivity contribution in [2.24, 2.45) is 17.8 Å². The van der Waals surface area contributed by atoms with E-state index >= 15 is 0 Å². The second kappa shape index (κ2) is 9.66. The van der Waals surface area contributed by atoms with Crippen LogP contribution in [0.4, 0.5) is 4.79 Å². The van der Waals surface area contributed by atoms with Crippen molar-refractivity contribution in [2.75, 3.05) is 13.2 Å². The minimum Gasteiger partial charge on any atom is -0.481 e. The average molecular weight is 314 g/mol. The monoisotopic (exact) mass is 314 g/mol. The fraction of sp³-hybridized carbons (Fsp3) is 0.875. The molecule has 6 heteroatoms. The van der Waals surface area contributed by atoms with E-state index in [1.807, 2.05) is 0 Å². The summed E-state index contributed by atoms with van der Waals surface area (Å²) in [6.07, 6.45) is 4.36. The largest absolute Gasteiger partial charge is 0.481 e. The number of aliphatic carboxylic acids is 1. The zero-order valence-corrected chi connectivity index (χ0v) is 13.7. The van der Waals surface area contributed by atoms with Crippen LogP contribution in [-0.4, -0.2) is 41.4 Å². The number of nitrogens with one attached hydrogen (secondary N) is 2. The maximum atomic E-state index is 11.9. The Morgan fingerprint density at radius 3 is 2.32 bits per heavy atom. The average Bonchev–Trinajstić information content (AvgIpc) is 2.45. The Labute approximate surface area is 132 Å². The molecule has 0 aliphatic heterocycles. The van der Waals surface area contributed by atoms with Crippen LogP contribution < -0.4 is 10.6 Å². The maximum absolute atomic E-state index is 11.9. The van der Waals surface area contributed by atoms with Gasteiger partial charge >= 0.3 is 12.0 Å². The van der Waals surface area contributed by atoms with Crippen LogP contribution >= 0.6 is 0 Å². The van der Waals surface area contributed by atoms with Gasteiger partial charge in [-0.05, 0) is 50.4 Å². The summed E-state index contributed by atoms with van der Waals surface area (Å²) in [5, 5.41) is 23.8. The van der Waals surface area contributed by atoms with Gasteiger partial charge in [0.05, 0.1) is 5.92 Å². The van der Waals surface area contributed by atoms with Crippen LogP contribution in [-0.2, 0) is 4.79 Å². The first-order valence-electron chi connectivity index (χ1n) is 8.30. The van der Waals surface area contributed by atoms with Gasteiger partial charge in [-0.15, -0.1) is 0 Å². The van der Waals surface area contributed by atoms with Crippen LogP contribution in [0.5, 0.6) is 0 Å². The molecule has 0 aromatic heterocycles. The fourth-order valence-corrected chi connectivity index (χ4v) is 3.11. The van der Waals surface area contributed by atoms with Gasteiger partial charge in [0.2, 0.25) is 0 Å². The van der Waals surface area contributed by atoms with E-state index in [1.54, 1.807) is 0 Å². The molecular formula is C16H30N2O4. The van der Waals surface area contributed by atoms with E-state index in [-0.39, 0.29) is 24.6 Å². The summed E-state index contributed by atoms with van der Waals surface area (Å²) in [4.78, 5) is 22.8. The lowest BCUT2D eigenvalue weighted by atomic mass is 9.86. The predicted molar refractivity (Wildman–Crippen MR) is 84.6 cm³/mol. The summed E-state index contributed by atoms with van der Waals surface area (Å²) in [6, 6.07) is -0.123. The van der Waals surface area contributed by atoms with Gasteiger partial charge in [-0.3, -0.25) is 4.79 Å². The zero-order valence-electron chi connectivity index (χ0n) is 13.7. The summed E-state index contributed by atoms with van der Waals surface area (Å²) in [5.74, 6) is -0.171. The van der Waals surface area contributed by atoms with Crippen LogP contribution in [0, 0.1) is 17.8 Å². The summed E-state index contributed by atoms with van der Waals surface area (Å²) < 4.78 is 0.